The first kappa shape index (κ1) is 24.3. The number of rotatable bonds is 7. The summed E-state index contributed by atoms with van der Waals surface area (Å²) in [5, 5.41) is 0. The van der Waals surface area contributed by atoms with E-state index in [-0.39, 0.29) is 0 Å². The predicted molar refractivity (Wildman–Crippen MR) is 143 cm³/mol. The molecule has 33 heavy (non-hydrogen) atoms. The summed E-state index contributed by atoms with van der Waals surface area (Å²) in [5.74, 6) is 0.899. The zero-order valence-corrected chi connectivity index (χ0v) is 20.5. The van der Waals surface area contributed by atoms with Crippen LogP contribution in [0.3, 0.4) is 0 Å². The fraction of sp³-hybridized carbons (Fsp3) is 0.250. The van der Waals surface area contributed by atoms with E-state index in [1.165, 1.54) is 58.2 Å². The molecule has 0 amide bonds. The summed E-state index contributed by atoms with van der Waals surface area (Å²) in [6.45, 7) is 6.54. The molecular weight excluding hydrogens is 400 g/mol. The number of methoxy groups -OCH3 is 1. The molecule has 4 aromatic carbocycles. The van der Waals surface area contributed by atoms with Gasteiger partial charge in [-0.2, -0.15) is 0 Å². The first-order valence-electron chi connectivity index (χ1n) is 12.0. The van der Waals surface area contributed by atoms with E-state index in [4.69, 9.17) is 4.74 Å². The topological polar surface area (TPSA) is 9.23 Å². The van der Waals surface area contributed by atoms with Gasteiger partial charge in [-0.3, -0.25) is 0 Å². The zero-order valence-electron chi connectivity index (χ0n) is 20.5. The third kappa shape index (κ3) is 7.36. The Morgan fingerprint density at radius 1 is 0.485 bits per heavy atom. The lowest BCUT2D eigenvalue weighted by molar-refractivity contribution is 0.415. The molecule has 0 atom stereocenters. The van der Waals surface area contributed by atoms with Crippen LogP contribution < -0.4 is 4.74 Å². The van der Waals surface area contributed by atoms with Crippen molar-refractivity contribution >= 4 is 0 Å². The van der Waals surface area contributed by atoms with Crippen LogP contribution in [0.4, 0.5) is 0 Å². The van der Waals surface area contributed by atoms with Gasteiger partial charge >= 0.3 is 0 Å². The first-order chi connectivity index (χ1) is 16.1. The molecule has 0 aliphatic carbocycles. The van der Waals surface area contributed by atoms with E-state index in [0.29, 0.717) is 0 Å². The standard InChI is InChI=1S/C16H18O.C16H18/c1-3-4-13-5-7-14(8-6-13)15-9-11-16(17-2)12-10-15;1-3-4-14-7-11-16(12-8-14)15-9-5-13(2)6-10-15/h5-12H,3-4H2,1-2H3;5-12H,3-4H2,1-2H3. The SMILES string of the molecule is CCCc1ccc(-c2ccc(C)cc2)cc1.CCCc1ccc(-c2ccc(OC)cc2)cc1. The largest absolute Gasteiger partial charge is 0.497 e. The molecule has 0 saturated carbocycles. The van der Waals surface area contributed by atoms with Gasteiger partial charge in [-0.25, -0.2) is 0 Å². The third-order valence-electron chi connectivity index (χ3n) is 5.79. The molecule has 0 radical (unpaired) electrons. The van der Waals surface area contributed by atoms with Crippen molar-refractivity contribution in [3.63, 3.8) is 0 Å². The molecule has 4 rings (SSSR count). The molecule has 0 saturated heterocycles. The molecule has 0 spiro atoms. The van der Waals surface area contributed by atoms with Gasteiger partial charge in [0.25, 0.3) is 0 Å². The van der Waals surface area contributed by atoms with E-state index < -0.39 is 0 Å². The van der Waals surface area contributed by atoms with Crippen LogP contribution in [0, 0.1) is 6.92 Å². The third-order valence-corrected chi connectivity index (χ3v) is 5.79. The molecule has 4 aromatic rings. The highest BCUT2D eigenvalue weighted by Gasteiger charge is 1.99. The average molecular weight is 437 g/mol. The van der Waals surface area contributed by atoms with Crippen molar-refractivity contribution in [3.05, 3.63) is 114 Å². The van der Waals surface area contributed by atoms with Crippen molar-refractivity contribution in [2.24, 2.45) is 0 Å². The van der Waals surface area contributed by atoms with Crippen molar-refractivity contribution in [1.82, 2.24) is 0 Å². The highest BCUT2D eigenvalue weighted by Crippen LogP contribution is 2.23. The second-order valence-electron chi connectivity index (χ2n) is 8.49. The van der Waals surface area contributed by atoms with E-state index in [9.17, 15) is 0 Å². The number of ether oxygens (including phenoxy) is 1. The summed E-state index contributed by atoms with van der Waals surface area (Å²) in [7, 11) is 1.69. The molecule has 0 bridgehead atoms. The van der Waals surface area contributed by atoms with Crippen LogP contribution in [0.2, 0.25) is 0 Å². The first-order valence-corrected chi connectivity index (χ1v) is 12.0. The number of aryl methyl sites for hydroxylation is 3. The fourth-order valence-electron chi connectivity index (χ4n) is 3.83. The molecule has 0 heterocycles. The van der Waals surface area contributed by atoms with Crippen LogP contribution in [-0.2, 0) is 12.8 Å². The minimum absolute atomic E-state index is 0.899. The number of hydrogen-bond acceptors (Lipinski definition) is 1. The van der Waals surface area contributed by atoms with E-state index in [2.05, 4.69) is 106 Å². The van der Waals surface area contributed by atoms with Crippen molar-refractivity contribution in [1.29, 1.82) is 0 Å². The van der Waals surface area contributed by atoms with Gasteiger partial charge in [-0.1, -0.05) is 117 Å². The summed E-state index contributed by atoms with van der Waals surface area (Å²) in [4.78, 5) is 0. The van der Waals surface area contributed by atoms with Gasteiger partial charge in [0.2, 0.25) is 0 Å². The van der Waals surface area contributed by atoms with E-state index >= 15 is 0 Å². The summed E-state index contributed by atoms with van der Waals surface area (Å²) >= 11 is 0. The zero-order chi connectivity index (χ0) is 23.5. The summed E-state index contributed by atoms with van der Waals surface area (Å²) < 4.78 is 5.16. The minimum atomic E-state index is 0.899. The Morgan fingerprint density at radius 2 is 0.818 bits per heavy atom. The van der Waals surface area contributed by atoms with Gasteiger partial charge in [-0.15, -0.1) is 0 Å². The van der Waals surface area contributed by atoms with Gasteiger partial charge in [0.1, 0.15) is 5.75 Å². The molecule has 0 aliphatic heterocycles. The van der Waals surface area contributed by atoms with Crippen LogP contribution in [0.25, 0.3) is 22.3 Å². The molecule has 0 aromatic heterocycles. The maximum absolute atomic E-state index is 5.16. The van der Waals surface area contributed by atoms with Crippen LogP contribution in [-0.4, -0.2) is 7.11 Å². The summed E-state index contributed by atoms with van der Waals surface area (Å²) in [6, 6.07) is 34.6. The van der Waals surface area contributed by atoms with Crippen LogP contribution in [0.1, 0.15) is 43.4 Å². The Labute approximate surface area is 200 Å². The maximum atomic E-state index is 5.16. The molecule has 1 heteroatoms. The monoisotopic (exact) mass is 436 g/mol. The lowest BCUT2D eigenvalue weighted by atomic mass is 10.0. The Morgan fingerprint density at radius 3 is 1.15 bits per heavy atom. The highest BCUT2D eigenvalue weighted by atomic mass is 16.5. The number of benzene rings is 4. The Balaban J connectivity index is 0.000000186. The minimum Gasteiger partial charge on any atom is -0.497 e. The highest BCUT2D eigenvalue weighted by molar-refractivity contribution is 5.65. The quantitative estimate of drug-likeness (QED) is 0.281. The molecule has 170 valence electrons. The molecule has 0 fully saturated rings. The average Bonchev–Trinajstić information content (AvgIpc) is 2.86. The lowest BCUT2D eigenvalue weighted by Crippen LogP contribution is -1.85. The van der Waals surface area contributed by atoms with Crippen LogP contribution >= 0.6 is 0 Å². The normalized spacial score (nSPS) is 10.3. The molecule has 0 aliphatic rings. The fourth-order valence-corrected chi connectivity index (χ4v) is 3.83. The molecular formula is C32H36O. The molecule has 0 N–H and O–H groups in total. The molecule has 1 nitrogen and oxygen atoms in total. The summed E-state index contributed by atoms with van der Waals surface area (Å²) in [6.07, 6.45) is 4.74. The van der Waals surface area contributed by atoms with Gasteiger partial charge in [0.05, 0.1) is 7.11 Å². The lowest BCUT2D eigenvalue weighted by Gasteiger charge is -2.05. The number of hydrogen-bond donors (Lipinski definition) is 0. The van der Waals surface area contributed by atoms with Crippen molar-refractivity contribution in [2.45, 2.75) is 46.5 Å². The van der Waals surface area contributed by atoms with Gasteiger partial charge in [0.15, 0.2) is 0 Å². The predicted octanol–water partition coefficient (Wildman–Crippen LogP) is 8.93. The van der Waals surface area contributed by atoms with Crippen molar-refractivity contribution in [3.8, 4) is 28.0 Å². The Kier molecular flexibility index (Phi) is 9.32. The van der Waals surface area contributed by atoms with Crippen molar-refractivity contribution in [2.75, 3.05) is 7.11 Å². The smallest absolute Gasteiger partial charge is 0.118 e. The second-order valence-corrected chi connectivity index (χ2v) is 8.49. The van der Waals surface area contributed by atoms with Crippen LogP contribution in [0.15, 0.2) is 97.1 Å². The van der Waals surface area contributed by atoms with Gasteiger partial charge < -0.3 is 4.74 Å². The van der Waals surface area contributed by atoms with Gasteiger partial charge in [0, 0.05) is 0 Å². The Hall–Kier alpha value is -3.32. The van der Waals surface area contributed by atoms with E-state index in [1.807, 2.05) is 12.1 Å². The van der Waals surface area contributed by atoms with Gasteiger partial charge in [-0.05, 0) is 65.3 Å². The van der Waals surface area contributed by atoms with E-state index in [1.54, 1.807) is 7.11 Å². The maximum Gasteiger partial charge on any atom is 0.118 e. The van der Waals surface area contributed by atoms with E-state index in [0.717, 1.165) is 12.2 Å². The van der Waals surface area contributed by atoms with Crippen LogP contribution in [0.5, 0.6) is 5.75 Å². The van der Waals surface area contributed by atoms with Crippen molar-refractivity contribution < 1.29 is 4.74 Å². The molecule has 0 unspecified atom stereocenters. The summed E-state index contributed by atoms with van der Waals surface area (Å²) in [5.41, 5.74) is 9.24. The Bertz CT molecular complexity index is 1070. The second kappa shape index (κ2) is 12.6.